The van der Waals surface area contributed by atoms with Gasteiger partial charge in [-0.2, -0.15) is 0 Å². The molecule has 1 saturated carbocycles. The van der Waals surface area contributed by atoms with E-state index >= 15 is 0 Å². The number of nitrogens with zero attached hydrogens (tertiary/aromatic N) is 1. The van der Waals surface area contributed by atoms with E-state index in [1.54, 1.807) is 5.56 Å². The first-order valence-electron chi connectivity index (χ1n) is 11.6. The van der Waals surface area contributed by atoms with Crippen LogP contribution in [0.3, 0.4) is 0 Å². The summed E-state index contributed by atoms with van der Waals surface area (Å²) < 4.78 is 1.10. The minimum Gasteiger partial charge on any atom is -0.310 e. The molecule has 2 aliphatic rings. The first-order chi connectivity index (χ1) is 15.8. The fourth-order valence-electron chi connectivity index (χ4n) is 5.89. The molecular weight excluding hydrogens is 454 g/mol. The highest BCUT2D eigenvalue weighted by Gasteiger charge is 2.43. The van der Waals surface area contributed by atoms with Gasteiger partial charge in [-0.25, -0.2) is 0 Å². The van der Waals surface area contributed by atoms with E-state index in [1.807, 2.05) is 0 Å². The van der Waals surface area contributed by atoms with Crippen LogP contribution in [0, 0.1) is 0 Å². The van der Waals surface area contributed by atoms with Gasteiger partial charge in [0.05, 0.1) is 0 Å². The van der Waals surface area contributed by atoms with Crippen LogP contribution in [0.25, 0.3) is 11.1 Å². The maximum Gasteiger partial charge on any atom is 0.0465 e. The van der Waals surface area contributed by atoms with Gasteiger partial charge in [0.25, 0.3) is 0 Å². The van der Waals surface area contributed by atoms with Crippen molar-refractivity contribution in [1.82, 2.24) is 0 Å². The molecule has 0 radical (unpaired) electrons. The topological polar surface area (TPSA) is 3.24 Å². The Labute approximate surface area is 198 Å². The number of halogens is 1. The molecular formula is C30H26BrN. The summed E-state index contributed by atoms with van der Waals surface area (Å²) in [6, 6.07) is 35.6. The molecule has 6 rings (SSSR count). The van der Waals surface area contributed by atoms with E-state index < -0.39 is 0 Å². The molecule has 0 aromatic heterocycles. The summed E-state index contributed by atoms with van der Waals surface area (Å²) >= 11 is 3.59. The second-order valence-corrected chi connectivity index (χ2v) is 9.98. The average molecular weight is 480 g/mol. The van der Waals surface area contributed by atoms with Gasteiger partial charge in [-0.15, -0.1) is 0 Å². The lowest BCUT2D eigenvalue weighted by atomic mass is 9.68. The molecule has 0 heterocycles. The van der Waals surface area contributed by atoms with Crippen molar-refractivity contribution in [3.63, 3.8) is 0 Å². The molecule has 2 heteroatoms. The minimum absolute atomic E-state index is 0.169. The van der Waals surface area contributed by atoms with Gasteiger partial charge in [0.15, 0.2) is 0 Å². The van der Waals surface area contributed by atoms with Crippen molar-refractivity contribution >= 4 is 33.0 Å². The molecule has 4 aromatic rings. The Morgan fingerprint density at radius 1 is 0.562 bits per heavy atom. The van der Waals surface area contributed by atoms with Crippen LogP contribution in [0.5, 0.6) is 0 Å². The van der Waals surface area contributed by atoms with Crippen molar-refractivity contribution in [2.45, 2.75) is 37.5 Å². The molecule has 0 saturated heterocycles. The van der Waals surface area contributed by atoms with Crippen LogP contribution in [-0.2, 0) is 5.41 Å². The third-order valence-corrected chi connectivity index (χ3v) is 7.84. The number of hydrogen-bond acceptors (Lipinski definition) is 1. The quantitative estimate of drug-likeness (QED) is 0.283. The molecule has 0 N–H and O–H groups in total. The second kappa shape index (κ2) is 7.94. The monoisotopic (exact) mass is 479 g/mol. The first kappa shape index (κ1) is 19.8. The van der Waals surface area contributed by atoms with E-state index in [1.165, 1.54) is 65.9 Å². The lowest BCUT2D eigenvalue weighted by Gasteiger charge is -2.36. The van der Waals surface area contributed by atoms with Gasteiger partial charge >= 0.3 is 0 Å². The summed E-state index contributed by atoms with van der Waals surface area (Å²) in [6.45, 7) is 0. The van der Waals surface area contributed by atoms with Gasteiger partial charge < -0.3 is 4.90 Å². The lowest BCUT2D eigenvalue weighted by molar-refractivity contribution is 0.353. The van der Waals surface area contributed by atoms with E-state index in [9.17, 15) is 0 Å². The van der Waals surface area contributed by atoms with E-state index in [-0.39, 0.29) is 5.41 Å². The average Bonchev–Trinajstić information content (AvgIpc) is 3.11. The summed E-state index contributed by atoms with van der Waals surface area (Å²) in [5.41, 5.74) is 9.68. The zero-order chi connectivity index (χ0) is 21.5. The summed E-state index contributed by atoms with van der Waals surface area (Å²) in [6.07, 6.45) is 6.49. The van der Waals surface area contributed by atoms with Crippen molar-refractivity contribution < 1.29 is 0 Å². The summed E-state index contributed by atoms with van der Waals surface area (Å²) in [7, 11) is 0. The van der Waals surface area contributed by atoms with E-state index in [2.05, 4.69) is 118 Å². The number of fused-ring (bicyclic) bond motifs is 5. The molecule has 1 fully saturated rings. The fraction of sp³-hybridized carbons (Fsp3) is 0.200. The number of benzene rings is 4. The standard InChI is InChI=1S/C30H26BrN/c31-22-13-15-24(16-14-22)32(23-9-3-1-4-10-23)25-17-18-27-26-11-5-6-12-28(26)30(29(27)21-25)19-7-2-8-20-30/h1,3-6,9-18,21H,2,7-8,19-20H2. The van der Waals surface area contributed by atoms with Crippen LogP contribution in [0.4, 0.5) is 17.1 Å². The minimum atomic E-state index is 0.169. The van der Waals surface area contributed by atoms with Crippen LogP contribution in [0.15, 0.2) is 102 Å². The molecule has 1 spiro atoms. The summed E-state index contributed by atoms with van der Waals surface area (Å²) in [5, 5.41) is 0. The number of anilines is 3. The third kappa shape index (κ3) is 3.12. The predicted octanol–water partition coefficient (Wildman–Crippen LogP) is 9.15. The molecule has 158 valence electrons. The summed E-state index contributed by atoms with van der Waals surface area (Å²) in [5.74, 6) is 0. The van der Waals surface area contributed by atoms with Crippen molar-refractivity contribution in [3.8, 4) is 11.1 Å². The Balaban J connectivity index is 1.55. The van der Waals surface area contributed by atoms with Crippen LogP contribution in [0.2, 0.25) is 0 Å². The van der Waals surface area contributed by atoms with E-state index in [0.29, 0.717) is 0 Å². The number of rotatable bonds is 3. The lowest BCUT2D eigenvalue weighted by Crippen LogP contribution is -2.28. The van der Waals surface area contributed by atoms with Crippen LogP contribution >= 0.6 is 15.9 Å². The zero-order valence-electron chi connectivity index (χ0n) is 18.1. The molecule has 0 bridgehead atoms. The highest BCUT2D eigenvalue weighted by Crippen LogP contribution is 2.56. The van der Waals surface area contributed by atoms with Gasteiger partial charge in [0.1, 0.15) is 0 Å². The maximum absolute atomic E-state index is 3.59. The highest BCUT2D eigenvalue weighted by molar-refractivity contribution is 9.10. The van der Waals surface area contributed by atoms with Crippen LogP contribution in [-0.4, -0.2) is 0 Å². The number of hydrogen-bond donors (Lipinski definition) is 0. The normalized spacial score (nSPS) is 15.9. The summed E-state index contributed by atoms with van der Waals surface area (Å²) in [4.78, 5) is 2.38. The Morgan fingerprint density at radius 2 is 1.19 bits per heavy atom. The Bertz CT molecular complexity index is 1250. The third-order valence-electron chi connectivity index (χ3n) is 7.32. The van der Waals surface area contributed by atoms with Crippen molar-refractivity contribution in [1.29, 1.82) is 0 Å². The molecule has 0 unspecified atom stereocenters. The molecule has 0 amide bonds. The van der Waals surface area contributed by atoms with Crippen molar-refractivity contribution in [2.24, 2.45) is 0 Å². The number of para-hydroxylation sites is 1. The fourth-order valence-corrected chi connectivity index (χ4v) is 6.16. The zero-order valence-corrected chi connectivity index (χ0v) is 19.7. The molecule has 0 atom stereocenters. The van der Waals surface area contributed by atoms with E-state index in [0.717, 1.165) is 4.47 Å². The smallest absolute Gasteiger partial charge is 0.0465 e. The van der Waals surface area contributed by atoms with Gasteiger partial charge in [0.2, 0.25) is 0 Å². The predicted molar refractivity (Wildman–Crippen MR) is 138 cm³/mol. The van der Waals surface area contributed by atoms with Crippen molar-refractivity contribution in [2.75, 3.05) is 4.90 Å². The van der Waals surface area contributed by atoms with Gasteiger partial charge in [0, 0.05) is 26.9 Å². The maximum atomic E-state index is 3.59. The highest BCUT2D eigenvalue weighted by atomic mass is 79.9. The molecule has 2 aliphatic carbocycles. The van der Waals surface area contributed by atoms with Gasteiger partial charge in [-0.3, -0.25) is 0 Å². The van der Waals surface area contributed by atoms with Gasteiger partial charge in [-0.1, -0.05) is 83.7 Å². The van der Waals surface area contributed by atoms with Crippen LogP contribution < -0.4 is 4.90 Å². The van der Waals surface area contributed by atoms with Gasteiger partial charge in [-0.05, 0) is 83.6 Å². The SMILES string of the molecule is Brc1ccc(N(c2ccccc2)c2ccc3c(c2)C2(CCCCC2)c2ccccc2-3)cc1. The Kier molecular flexibility index (Phi) is 4.91. The Morgan fingerprint density at radius 3 is 1.97 bits per heavy atom. The molecule has 32 heavy (non-hydrogen) atoms. The second-order valence-electron chi connectivity index (χ2n) is 9.07. The Hall–Kier alpha value is -2.84. The molecule has 0 aliphatic heterocycles. The molecule has 4 aromatic carbocycles. The first-order valence-corrected chi connectivity index (χ1v) is 12.4. The largest absolute Gasteiger partial charge is 0.310 e. The van der Waals surface area contributed by atoms with Crippen LogP contribution in [0.1, 0.15) is 43.2 Å². The molecule has 1 nitrogen and oxygen atoms in total. The van der Waals surface area contributed by atoms with E-state index in [4.69, 9.17) is 0 Å². The van der Waals surface area contributed by atoms with Crippen molar-refractivity contribution in [3.05, 3.63) is 113 Å².